The molecular weight excluding hydrogens is 447 g/mol. The Morgan fingerprint density at radius 2 is 1.74 bits per heavy atom. The number of nitrogens with zero attached hydrogens (tertiary/aromatic N) is 2. The van der Waals surface area contributed by atoms with Gasteiger partial charge in [0.2, 0.25) is 0 Å². The molecule has 0 aliphatic rings. The molecule has 4 aromatic rings. The molecule has 0 fully saturated rings. The summed E-state index contributed by atoms with van der Waals surface area (Å²) in [7, 11) is 0. The molecule has 0 spiro atoms. The van der Waals surface area contributed by atoms with Crippen molar-refractivity contribution in [3.8, 4) is 22.8 Å². The minimum atomic E-state index is 0.448. The maximum atomic E-state index is 6.20. The van der Waals surface area contributed by atoms with Crippen molar-refractivity contribution in [1.82, 2.24) is 9.97 Å². The number of aryl methyl sites for hydroxylation is 1. The zero-order chi connectivity index (χ0) is 19.0. The van der Waals surface area contributed by atoms with E-state index in [9.17, 15) is 0 Å². The summed E-state index contributed by atoms with van der Waals surface area (Å²) in [6.07, 6.45) is 1.80. The molecule has 3 nitrogen and oxygen atoms in total. The summed E-state index contributed by atoms with van der Waals surface area (Å²) in [6.45, 7) is 2.05. The number of para-hydroxylation sites is 1. The zero-order valence-corrected chi connectivity index (χ0v) is 17.3. The Morgan fingerprint density at radius 1 is 0.963 bits per heavy atom. The first kappa shape index (κ1) is 18.2. The largest absolute Gasteiger partial charge is 0.454 e. The average molecular weight is 460 g/mol. The van der Waals surface area contributed by atoms with E-state index < -0.39 is 0 Å². The third-order valence-corrected chi connectivity index (χ3v) is 5.21. The smallest absolute Gasteiger partial charge is 0.164 e. The third kappa shape index (κ3) is 3.79. The van der Waals surface area contributed by atoms with Crippen LogP contribution in [0, 0.1) is 6.92 Å². The van der Waals surface area contributed by atoms with Crippen molar-refractivity contribution in [1.29, 1.82) is 0 Å². The molecule has 0 aliphatic carbocycles. The summed E-state index contributed by atoms with van der Waals surface area (Å²) in [5.41, 5.74) is 3.81. The Labute approximate surface area is 175 Å². The van der Waals surface area contributed by atoms with E-state index in [2.05, 4.69) is 20.9 Å². The first-order valence-electron chi connectivity index (χ1n) is 8.16. The molecule has 2 aromatic carbocycles. The molecule has 27 heavy (non-hydrogen) atoms. The van der Waals surface area contributed by atoms with Gasteiger partial charge in [0, 0.05) is 17.1 Å². The van der Waals surface area contributed by atoms with Gasteiger partial charge in [-0.3, -0.25) is 0 Å². The molecule has 0 aliphatic heterocycles. The van der Waals surface area contributed by atoms with Gasteiger partial charge in [0.1, 0.15) is 10.4 Å². The highest BCUT2D eigenvalue weighted by atomic mass is 79.9. The fourth-order valence-electron chi connectivity index (χ4n) is 2.81. The van der Waals surface area contributed by atoms with Crippen molar-refractivity contribution in [3.63, 3.8) is 0 Å². The minimum Gasteiger partial charge on any atom is -0.454 e. The number of fused-ring (bicyclic) bond motifs is 1. The van der Waals surface area contributed by atoms with Gasteiger partial charge in [-0.2, -0.15) is 0 Å². The van der Waals surface area contributed by atoms with Crippen LogP contribution in [0.25, 0.3) is 22.2 Å². The zero-order valence-electron chi connectivity index (χ0n) is 14.2. The maximum absolute atomic E-state index is 6.20. The second-order valence-corrected chi connectivity index (χ2v) is 7.65. The molecule has 4 rings (SSSR count). The fraction of sp³-hybridized carbons (Fsp3) is 0.0476. The number of pyridine rings is 2. The molecule has 134 valence electrons. The summed E-state index contributed by atoms with van der Waals surface area (Å²) in [5, 5.41) is 1.94. The van der Waals surface area contributed by atoms with Gasteiger partial charge in [-0.05, 0) is 76.9 Å². The van der Waals surface area contributed by atoms with E-state index in [0.717, 1.165) is 32.3 Å². The van der Waals surface area contributed by atoms with Crippen LogP contribution in [0.2, 0.25) is 10.0 Å². The number of halogens is 3. The standard InChI is InChI=1S/C21H13BrCl2N2O/c1-12-9-19(13-5-8-20(22)25-11-13)26-18-7-6-14(10-15(12)18)27-21-16(23)3-2-4-17(21)24/h2-11H,1H3. The molecule has 0 saturated heterocycles. The van der Waals surface area contributed by atoms with Gasteiger partial charge in [0.25, 0.3) is 0 Å². The lowest BCUT2D eigenvalue weighted by Gasteiger charge is -2.12. The van der Waals surface area contributed by atoms with Crippen molar-refractivity contribution in [2.75, 3.05) is 0 Å². The molecular formula is C21H13BrCl2N2O. The summed E-state index contributed by atoms with van der Waals surface area (Å²) < 4.78 is 6.72. The molecule has 0 bridgehead atoms. The van der Waals surface area contributed by atoms with Crippen LogP contribution in [0.15, 0.2) is 65.4 Å². The molecule has 0 radical (unpaired) electrons. The number of hydrogen-bond donors (Lipinski definition) is 0. The van der Waals surface area contributed by atoms with Crippen molar-refractivity contribution >= 4 is 50.0 Å². The summed E-state index contributed by atoms with van der Waals surface area (Å²) in [5.74, 6) is 1.10. The average Bonchev–Trinajstić information content (AvgIpc) is 2.66. The lowest BCUT2D eigenvalue weighted by atomic mass is 10.1. The Hall–Kier alpha value is -2.14. The van der Waals surface area contributed by atoms with E-state index in [0.29, 0.717) is 21.5 Å². The monoisotopic (exact) mass is 458 g/mol. The minimum absolute atomic E-state index is 0.448. The predicted octanol–water partition coefficient (Wildman–Crippen LogP) is 7.47. The lowest BCUT2D eigenvalue weighted by molar-refractivity contribution is 0.484. The topological polar surface area (TPSA) is 35.0 Å². The quantitative estimate of drug-likeness (QED) is 0.298. The van der Waals surface area contributed by atoms with Crippen LogP contribution in [0.1, 0.15) is 5.56 Å². The van der Waals surface area contributed by atoms with Crippen LogP contribution in [-0.2, 0) is 0 Å². The van der Waals surface area contributed by atoms with Gasteiger partial charge >= 0.3 is 0 Å². The van der Waals surface area contributed by atoms with Crippen LogP contribution in [0.3, 0.4) is 0 Å². The Kier molecular flexibility index (Phi) is 5.04. The maximum Gasteiger partial charge on any atom is 0.164 e. The Bertz CT molecular complexity index is 1130. The molecule has 0 atom stereocenters. The van der Waals surface area contributed by atoms with E-state index in [1.807, 2.05) is 43.3 Å². The van der Waals surface area contributed by atoms with Crippen LogP contribution in [0.4, 0.5) is 0 Å². The van der Waals surface area contributed by atoms with Crippen LogP contribution in [0.5, 0.6) is 11.5 Å². The predicted molar refractivity (Wildman–Crippen MR) is 114 cm³/mol. The van der Waals surface area contributed by atoms with E-state index in [1.165, 1.54) is 0 Å². The van der Waals surface area contributed by atoms with E-state index in [4.69, 9.17) is 32.9 Å². The molecule has 2 heterocycles. The molecule has 0 saturated carbocycles. The van der Waals surface area contributed by atoms with Gasteiger partial charge in [0.15, 0.2) is 5.75 Å². The molecule has 2 aromatic heterocycles. The van der Waals surface area contributed by atoms with E-state index in [-0.39, 0.29) is 0 Å². The summed E-state index contributed by atoms with van der Waals surface area (Å²) in [4.78, 5) is 9.03. The molecule has 0 N–H and O–H groups in total. The van der Waals surface area contributed by atoms with Crippen LogP contribution < -0.4 is 4.74 Å². The summed E-state index contributed by atoms with van der Waals surface area (Å²) in [6, 6.07) is 16.9. The van der Waals surface area contributed by atoms with Gasteiger partial charge in [0.05, 0.1) is 21.3 Å². The van der Waals surface area contributed by atoms with Crippen molar-refractivity contribution < 1.29 is 4.74 Å². The first-order chi connectivity index (χ1) is 13.0. The van der Waals surface area contributed by atoms with Gasteiger partial charge in [-0.25, -0.2) is 9.97 Å². The van der Waals surface area contributed by atoms with E-state index >= 15 is 0 Å². The number of benzene rings is 2. The van der Waals surface area contributed by atoms with Crippen LogP contribution >= 0.6 is 39.1 Å². The highest BCUT2D eigenvalue weighted by molar-refractivity contribution is 9.10. The molecule has 0 amide bonds. The lowest BCUT2D eigenvalue weighted by Crippen LogP contribution is -1.92. The molecule has 6 heteroatoms. The van der Waals surface area contributed by atoms with Gasteiger partial charge < -0.3 is 4.74 Å². The van der Waals surface area contributed by atoms with Crippen LogP contribution in [-0.4, -0.2) is 9.97 Å². The number of hydrogen-bond acceptors (Lipinski definition) is 3. The highest BCUT2D eigenvalue weighted by Gasteiger charge is 2.11. The van der Waals surface area contributed by atoms with Gasteiger partial charge in [-0.1, -0.05) is 29.3 Å². The number of rotatable bonds is 3. The Morgan fingerprint density at radius 3 is 2.44 bits per heavy atom. The first-order valence-corrected chi connectivity index (χ1v) is 9.71. The Balaban J connectivity index is 1.74. The molecule has 0 unspecified atom stereocenters. The number of ether oxygens (including phenoxy) is 1. The van der Waals surface area contributed by atoms with Crippen molar-refractivity contribution in [3.05, 3.63) is 81.0 Å². The SMILES string of the molecule is Cc1cc(-c2ccc(Br)nc2)nc2ccc(Oc3c(Cl)cccc3Cl)cc12. The fourth-order valence-corrected chi connectivity index (χ4v) is 3.52. The normalized spacial score (nSPS) is 11.0. The van der Waals surface area contributed by atoms with E-state index in [1.54, 1.807) is 24.4 Å². The summed E-state index contributed by atoms with van der Waals surface area (Å²) >= 11 is 15.7. The number of aromatic nitrogens is 2. The van der Waals surface area contributed by atoms with Crippen molar-refractivity contribution in [2.24, 2.45) is 0 Å². The van der Waals surface area contributed by atoms with Crippen molar-refractivity contribution in [2.45, 2.75) is 6.92 Å². The van der Waals surface area contributed by atoms with Gasteiger partial charge in [-0.15, -0.1) is 0 Å². The second-order valence-electron chi connectivity index (χ2n) is 6.03. The highest BCUT2D eigenvalue weighted by Crippen LogP contribution is 2.37. The third-order valence-electron chi connectivity index (χ3n) is 4.15. The second kappa shape index (κ2) is 7.47.